The van der Waals surface area contributed by atoms with E-state index >= 15 is 0 Å². The van der Waals surface area contributed by atoms with Crippen LogP contribution in [0.25, 0.3) is 5.76 Å². The number of hydrogen-bond acceptors (Lipinski definition) is 5. The Labute approximate surface area is 213 Å². The average Bonchev–Trinajstić information content (AvgIpc) is 3.10. The molecule has 36 heavy (non-hydrogen) atoms. The predicted octanol–water partition coefficient (Wildman–Crippen LogP) is 6.48. The number of anilines is 1. The van der Waals surface area contributed by atoms with E-state index in [4.69, 9.17) is 11.6 Å². The summed E-state index contributed by atoms with van der Waals surface area (Å²) in [5.74, 6) is -2.06. The molecular weight excluding hydrogens is 480 g/mol. The van der Waals surface area contributed by atoms with Crippen LogP contribution >= 0.6 is 11.6 Å². The molecular formula is C28H25ClN2O5. The average molecular weight is 505 g/mol. The molecule has 0 aliphatic carbocycles. The molecule has 1 amide bonds. The summed E-state index contributed by atoms with van der Waals surface area (Å²) >= 11 is 6.24. The molecule has 1 atom stereocenters. The summed E-state index contributed by atoms with van der Waals surface area (Å²) in [6, 6.07) is 16.9. The molecule has 0 radical (unpaired) electrons. The molecule has 0 bridgehead atoms. The number of Topliss-reactive ketones (excluding diaryl/α,β-unsaturated/α-hetero) is 1. The number of halogens is 1. The van der Waals surface area contributed by atoms with Gasteiger partial charge in [-0.3, -0.25) is 24.6 Å². The number of carbonyl (C=O) groups excluding carboxylic acids is 2. The van der Waals surface area contributed by atoms with Crippen LogP contribution in [0, 0.1) is 17.0 Å². The molecule has 184 valence electrons. The van der Waals surface area contributed by atoms with E-state index in [0.717, 1.165) is 11.1 Å². The highest BCUT2D eigenvalue weighted by atomic mass is 35.5. The number of nitro benzene ring substituents is 1. The van der Waals surface area contributed by atoms with Crippen molar-refractivity contribution in [2.45, 2.75) is 39.2 Å². The number of hydrogen-bond donors (Lipinski definition) is 1. The Morgan fingerprint density at radius 3 is 2.17 bits per heavy atom. The zero-order valence-electron chi connectivity index (χ0n) is 20.3. The maximum absolute atomic E-state index is 13.4. The molecule has 0 saturated carbocycles. The maximum atomic E-state index is 13.4. The first-order valence-electron chi connectivity index (χ1n) is 11.3. The van der Waals surface area contributed by atoms with Gasteiger partial charge in [0.1, 0.15) is 5.76 Å². The van der Waals surface area contributed by atoms with Crippen LogP contribution in [0.5, 0.6) is 0 Å². The highest BCUT2D eigenvalue weighted by Crippen LogP contribution is 2.44. The molecule has 3 aromatic carbocycles. The van der Waals surface area contributed by atoms with Crippen LogP contribution in [0.15, 0.2) is 72.3 Å². The van der Waals surface area contributed by atoms with Gasteiger partial charge in [0.2, 0.25) is 0 Å². The summed E-state index contributed by atoms with van der Waals surface area (Å²) in [7, 11) is 0. The third kappa shape index (κ3) is 4.50. The number of benzene rings is 3. The lowest BCUT2D eigenvalue weighted by atomic mass is 9.85. The lowest BCUT2D eigenvalue weighted by Gasteiger charge is -2.28. The van der Waals surface area contributed by atoms with Crippen LogP contribution in [-0.4, -0.2) is 21.7 Å². The molecule has 3 aromatic rings. The van der Waals surface area contributed by atoms with Gasteiger partial charge in [0, 0.05) is 28.4 Å². The summed E-state index contributed by atoms with van der Waals surface area (Å²) in [6.07, 6.45) is 0. The Kier molecular flexibility index (Phi) is 6.45. The minimum Gasteiger partial charge on any atom is -0.507 e. The maximum Gasteiger partial charge on any atom is 0.300 e. The van der Waals surface area contributed by atoms with Crippen LogP contribution in [0.2, 0.25) is 5.02 Å². The van der Waals surface area contributed by atoms with Gasteiger partial charge in [0.25, 0.3) is 17.4 Å². The fourth-order valence-corrected chi connectivity index (χ4v) is 4.47. The number of ketones is 1. The third-order valence-corrected chi connectivity index (χ3v) is 6.55. The van der Waals surface area contributed by atoms with Gasteiger partial charge in [-0.05, 0) is 53.3 Å². The van der Waals surface area contributed by atoms with Crippen molar-refractivity contribution in [2.75, 3.05) is 4.90 Å². The van der Waals surface area contributed by atoms with Crippen LogP contribution in [0.3, 0.4) is 0 Å². The van der Waals surface area contributed by atoms with Gasteiger partial charge >= 0.3 is 0 Å². The van der Waals surface area contributed by atoms with Crippen LogP contribution in [0.4, 0.5) is 11.4 Å². The number of rotatable bonds is 4. The number of non-ortho nitro benzene ring substituents is 1. The Balaban J connectivity index is 1.94. The van der Waals surface area contributed by atoms with Gasteiger partial charge in [0.05, 0.1) is 16.5 Å². The largest absolute Gasteiger partial charge is 0.507 e. The van der Waals surface area contributed by atoms with E-state index in [0.29, 0.717) is 16.3 Å². The lowest BCUT2D eigenvalue weighted by molar-refractivity contribution is -0.384. The van der Waals surface area contributed by atoms with Gasteiger partial charge in [0.15, 0.2) is 0 Å². The first-order valence-corrected chi connectivity index (χ1v) is 11.7. The Bertz CT molecular complexity index is 1400. The number of carbonyl (C=O) groups is 2. The minimum absolute atomic E-state index is 0.100. The van der Waals surface area contributed by atoms with E-state index in [9.17, 15) is 24.8 Å². The van der Waals surface area contributed by atoms with Gasteiger partial charge in [-0.15, -0.1) is 0 Å². The topological polar surface area (TPSA) is 101 Å². The number of aliphatic hydroxyl groups is 1. The molecule has 1 aliphatic heterocycles. The van der Waals surface area contributed by atoms with E-state index in [1.807, 2.05) is 24.3 Å². The molecule has 1 N–H and O–H groups in total. The molecule has 1 heterocycles. The fraction of sp³-hybridized carbons (Fsp3) is 0.214. The third-order valence-electron chi connectivity index (χ3n) is 6.32. The van der Waals surface area contributed by atoms with E-state index in [2.05, 4.69) is 20.8 Å². The van der Waals surface area contributed by atoms with Crippen molar-refractivity contribution in [3.8, 4) is 0 Å². The Hall–Kier alpha value is -3.97. The van der Waals surface area contributed by atoms with E-state index in [1.165, 1.54) is 29.2 Å². The van der Waals surface area contributed by atoms with Crippen molar-refractivity contribution < 1.29 is 19.6 Å². The molecule has 8 heteroatoms. The highest BCUT2D eigenvalue weighted by molar-refractivity contribution is 6.52. The molecule has 4 rings (SSSR count). The van der Waals surface area contributed by atoms with Gasteiger partial charge in [-0.1, -0.05) is 62.7 Å². The number of nitro groups is 1. The number of aryl methyl sites for hydroxylation is 1. The highest BCUT2D eigenvalue weighted by Gasteiger charge is 2.47. The van der Waals surface area contributed by atoms with E-state index < -0.39 is 28.4 Å². The molecule has 1 unspecified atom stereocenters. The van der Waals surface area contributed by atoms with Gasteiger partial charge in [-0.2, -0.15) is 0 Å². The summed E-state index contributed by atoms with van der Waals surface area (Å²) in [5.41, 5.74) is 2.71. The summed E-state index contributed by atoms with van der Waals surface area (Å²) in [4.78, 5) is 38.5. The number of aliphatic hydroxyl groups excluding tert-OH is 1. The number of nitrogens with zero attached hydrogens (tertiary/aromatic N) is 2. The predicted molar refractivity (Wildman–Crippen MR) is 139 cm³/mol. The summed E-state index contributed by atoms with van der Waals surface area (Å²) in [5, 5.41) is 22.7. The van der Waals surface area contributed by atoms with Crippen LogP contribution in [-0.2, 0) is 15.0 Å². The lowest BCUT2D eigenvalue weighted by Crippen LogP contribution is -2.30. The standard InChI is InChI=1S/C28H25ClN2O5/c1-16-5-12-20(29)15-22(16)30-24(17-6-10-19(11-7-17)28(2,3)4)23(26(33)27(30)34)25(32)18-8-13-21(14-9-18)31(35)36/h5-15,24,32H,1-4H3/b25-23+. The molecule has 0 aromatic heterocycles. The molecule has 0 spiro atoms. The fourth-order valence-electron chi connectivity index (χ4n) is 4.30. The minimum atomic E-state index is -0.925. The van der Waals surface area contributed by atoms with Gasteiger partial charge in [-0.25, -0.2) is 0 Å². The Morgan fingerprint density at radius 1 is 1.00 bits per heavy atom. The van der Waals surface area contributed by atoms with Crippen molar-refractivity contribution >= 4 is 40.4 Å². The Morgan fingerprint density at radius 2 is 1.61 bits per heavy atom. The van der Waals surface area contributed by atoms with Crippen LogP contribution < -0.4 is 4.90 Å². The van der Waals surface area contributed by atoms with Crippen LogP contribution in [0.1, 0.15) is 49.1 Å². The van der Waals surface area contributed by atoms with E-state index in [1.54, 1.807) is 25.1 Å². The zero-order chi connectivity index (χ0) is 26.4. The van der Waals surface area contributed by atoms with E-state index in [-0.39, 0.29) is 22.2 Å². The zero-order valence-corrected chi connectivity index (χ0v) is 21.0. The second-order valence-corrected chi connectivity index (χ2v) is 10.2. The van der Waals surface area contributed by atoms with Crippen molar-refractivity contribution in [1.29, 1.82) is 0 Å². The molecule has 7 nitrogen and oxygen atoms in total. The quantitative estimate of drug-likeness (QED) is 0.144. The normalized spacial score (nSPS) is 17.5. The van der Waals surface area contributed by atoms with Crippen molar-refractivity contribution in [3.63, 3.8) is 0 Å². The number of amides is 1. The first-order chi connectivity index (χ1) is 16.9. The SMILES string of the molecule is Cc1ccc(Cl)cc1N1C(=O)C(=O)/C(=C(/O)c2ccc([N+](=O)[O-])cc2)C1c1ccc(C(C)(C)C)cc1. The van der Waals surface area contributed by atoms with Crippen molar-refractivity contribution in [2.24, 2.45) is 0 Å². The second kappa shape index (κ2) is 9.24. The summed E-state index contributed by atoms with van der Waals surface area (Å²) in [6.45, 7) is 8.05. The smallest absolute Gasteiger partial charge is 0.300 e. The van der Waals surface area contributed by atoms with Crippen molar-refractivity contribution in [1.82, 2.24) is 0 Å². The molecule has 1 saturated heterocycles. The van der Waals surface area contributed by atoms with Gasteiger partial charge < -0.3 is 5.11 Å². The van der Waals surface area contributed by atoms with Crippen molar-refractivity contribution in [3.05, 3.63) is 110 Å². The monoisotopic (exact) mass is 504 g/mol. The second-order valence-electron chi connectivity index (χ2n) is 9.78. The first kappa shape index (κ1) is 25.1. The molecule has 1 fully saturated rings. The molecule has 1 aliphatic rings. The summed E-state index contributed by atoms with van der Waals surface area (Å²) < 4.78 is 0.